The Morgan fingerprint density at radius 1 is 1.00 bits per heavy atom. The monoisotopic (exact) mass is 414 g/mol. The minimum absolute atomic E-state index is 0.139. The summed E-state index contributed by atoms with van der Waals surface area (Å²) < 4.78 is 0.894. The molecule has 0 radical (unpaired) electrons. The molecular weight excluding hydrogens is 403 g/mol. The summed E-state index contributed by atoms with van der Waals surface area (Å²) >= 11 is 8.11. The minimum Gasteiger partial charge on any atom is -0.326 e. The second kappa shape index (κ2) is 6.91. The number of carbonyl (C=O) groups is 2. The van der Waals surface area contributed by atoms with Crippen molar-refractivity contribution in [3.05, 3.63) is 56.6 Å². The van der Waals surface area contributed by atoms with E-state index in [9.17, 15) is 9.59 Å². The van der Waals surface area contributed by atoms with Crippen LogP contribution in [-0.4, -0.2) is 11.8 Å². The molecule has 0 atom stereocenters. The van der Waals surface area contributed by atoms with E-state index in [0.717, 1.165) is 3.57 Å². The topological polar surface area (TPSA) is 58.2 Å². The molecule has 6 heteroatoms. The lowest BCUT2D eigenvalue weighted by molar-refractivity contribution is -0.114. The molecule has 0 aromatic heterocycles. The zero-order valence-electron chi connectivity index (χ0n) is 11.1. The highest BCUT2D eigenvalue weighted by atomic mass is 127. The molecule has 0 unspecified atom stereocenters. The number of amides is 2. The van der Waals surface area contributed by atoms with E-state index in [-0.39, 0.29) is 11.8 Å². The van der Waals surface area contributed by atoms with Crippen molar-refractivity contribution in [2.45, 2.75) is 6.92 Å². The molecule has 108 valence electrons. The highest BCUT2D eigenvalue weighted by molar-refractivity contribution is 14.1. The van der Waals surface area contributed by atoms with Crippen LogP contribution in [0.2, 0.25) is 5.02 Å². The van der Waals surface area contributed by atoms with E-state index in [1.807, 2.05) is 0 Å². The Morgan fingerprint density at radius 2 is 1.57 bits per heavy atom. The van der Waals surface area contributed by atoms with Gasteiger partial charge in [0, 0.05) is 27.4 Å². The highest BCUT2D eigenvalue weighted by Crippen LogP contribution is 2.20. The molecule has 0 heterocycles. The predicted octanol–water partition coefficient (Wildman–Crippen LogP) is 4.16. The average Bonchev–Trinajstić information content (AvgIpc) is 2.43. The summed E-state index contributed by atoms with van der Waals surface area (Å²) in [6, 6.07) is 12.0. The average molecular weight is 415 g/mol. The number of hydrogen-bond donors (Lipinski definition) is 2. The van der Waals surface area contributed by atoms with Gasteiger partial charge in [0.25, 0.3) is 5.91 Å². The maximum Gasteiger partial charge on any atom is 0.255 e. The van der Waals surface area contributed by atoms with Crippen LogP contribution >= 0.6 is 34.2 Å². The Balaban J connectivity index is 2.08. The number of benzene rings is 2. The van der Waals surface area contributed by atoms with Gasteiger partial charge >= 0.3 is 0 Å². The molecule has 0 spiro atoms. The molecule has 4 nitrogen and oxygen atoms in total. The first-order chi connectivity index (χ1) is 9.95. The molecule has 2 aromatic rings. The molecule has 2 amide bonds. The third kappa shape index (κ3) is 4.44. The van der Waals surface area contributed by atoms with Gasteiger partial charge in [-0.1, -0.05) is 11.6 Å². The lowest BCUT2D eigenvalue weighted by Crippen LogP contribution is -2.12. The van der Waals surface area contributed by atoms with Gasteiger partial charge in [-0.3, -0.25) is 9.59 Å². The lowest BCUT2D eigenvalue weighted by Gasteiger charge is -2.07. The van der Waals surface area contributed by atoms with Crippen molar-refractivity contribution >= 4 is 57.4 Å². The van der Waals surface area contributed by atoms with Crippen molar-refractivity contribution in [3.63, 3.8) is 0 Å². The zero-order valence-corrected chi connectivity index (χ0v) is 14.0. The summed E-state index contributed by atoms with van der Waals surface area (Å²) in [5.74, 6) is -0.374. The fourth-order valence-corrected chi connectivity index (χ4v) is 2.20. The van der Waals surface area contributed by atoms with E-state index in [0.29, 0.717) is 22.0 Å². The molecular formula is C15H12ClIN2O2. The third-order valence-electron chi connectivity index (χ3n) is 2.64. The Bertz CT molecular complexity index is 687. The first kappa shape index (κ1) is 15.8. The van der Waals surface area contributed by atoms with E-state index in [4.69, 9.17) is 11.6 Å². The first-order valence-corrected chi connectivity index (χ1v) is 7.55. The lowest BCUT2D eigenvalue weighted by atomic mass is 10.2. The van der Waals surface area contributed by atoms with Crippen LogP contribution in [0.4, 0.5) is 11.4 Å². The van der Waals surface area contributed by atoms with Gasteiger partial charge in [-0.2, -0.15) is 0 Å². The molecule has 0 saturated heterocycles. The fraction of sp³-hybridized carbons (Fsp3) is 0.0667. The normalized spacial score (nSPS) is 10.0. The molecule has 2 aromatic carbocycles. The number of rotatable bonds is 3. The molecule has 0 aliphatic rings. The second-order valence-electron chi connectivity index (χ2n) is 4.34. The van der Waals surface area contributed by atoms with Crippen molar-refractivity contribution in [1.29, 1.82) is 0 Å². The molecule has 0 fully saturated rings. The van der Waals surface area contributed by atoms with Crippen LogP contribution in [0.15, 0.2) is 42.5 Å². The molecule has 0 saturated carbocycles. The Morgan fingerprint density at radius 3 is 2.10 bits per heavy atom. The molecule has 0 bridgehead atoms. The number of halogens is 2. The number of hydrogen-bond acceptors (Lipinski definition) is 2. The quantitative estimate of drug-likeness (QED) is 0.741. The van der Waals surface area contributed by atoms with Gasteiger partial charge in [-0.25, -0.2) is 0 Å². The maximum absolute atomic E-state index is 12.1. The van der Waals surface area contributed by atoms with Gasteiger partial charge in [0.1, 0.15) is 0 Å². The fourth-order valence-electron chi connectivity index (χ4n) is 1.68. The van der Waals surface area contributed by atoms with E-state index in [1.54, 1.807) is 42.5 Å². The number of anilines is 2. The van der Waals surface area contributed by atoms with Gasteiger partial charge in [-0.15, -0.1) is 0 Å². The van der Waals surface area contributed by atoms with Crippen molar-refractivity contribution in [1.82, 2.24) is 0 Å². The molecule has 2 rings (SSSR count). The first-order valence-electron chi connectivity index (χ1n) is 6.10. The summed E-state index contributed by atoms with van der Waals surface area (Å²) in [6.45, 7) is 1.44. The third-order valence-corrected chi connectivity index (χ3v) is 4.22. The van der Waals surface area contributed by atoms with E-state index >= 15 is 0 Å². The number of nitrogens with one attached hydrogen (secondary N) is 2. The standard InChI is InChI=1S/C15H12ClIN2O2/c1-9(20)18-11-3-5-12(6-4-11)19-15(21)10-2-7-14(17)13(16)8-10/h2-8H,1H3,(H,18,20)(H,19,21). The van der Waals surface area contributed by atoms with Gasteiger partial charge < -0.3 is 10.6 Å². The molecule has 21 heavy (non-hydrogen) atoms. The van der Waals surface area contributed by atoms with Crippen LogP contribution in [0, 0.1) is 3.57 Å². The van der Waals surface area contributed by atoms with Gasteiger partial charge in [0.2, 0.25) is 5.91 Å². The second-order valence-corrected chi connectivity index (χ2v) is 5.91. The van der Waals surface area contributed by atoms with E-state index in [1.165, 1.54) is 6.92 Å². The highest BCUT2D eigenvalue weighted by Gasteiger charge is 2.08. The maximum atomic E-state index is 12.1. The van der Waals surface area contributed by atoms with Crippen LogP contribution in [0.25, 0.3) is 0 Å². The molecule has 2 N–H and O–H groups in total. The summed E-state index contributed by atoms with van der Waals surface area (Å²) in [7, 11) is 0. The Kier molecular flexibility index (Phi) is 5.19. The van der Waals surface area contributed by atoms with Crippen LogP contribution < -0.4 is 10.6 Å². The van der Waals surface area contributed by atoms with Crippen LogP contribution in [0.5, 0.6) is 0 Å². The summed E-state index contributed by atoms with van der Waals surface area (Å²) in [5.41, 5.74) is 1.81. The molecule has 0 aliphatic heterocycles. The van der Waals surface area contributed by atoms with Crippen molar-refractivity contribution < 1.29 is 9.59 Å². The summed E-state index contributed by atoms with van der Waals surface area (Å²) in [5, 5.41) is 5.98. The Hall–Kier alpha value is -1.60. The van der Waals surface area contributed by atoms with E-state index < -0.39 is 0 Å². The SMILES string of the molecule is CC(=O)Nc1ccc(NC(=O)c2ccc(I)c(Cl)c2)cc1. The van der Waals surface area contributed by atoms with Gasteiger partial charge in [-0.05, 0) is 65.1 Å². The largest absolute Gasteiger partial charge is 0.326 e. The van der Waals surface area contributed by atoms with Crippen molar-refractivity contribution in [2.75, 3.05) is 10.6 Å². The smallest absolute Gasteiger partial charge is 0.255 e. The zero-order chi connectivity index (χ0) is 15.4. The minimum atomic E-state index is -0.236. The van der Waals surface area contributed by atoms with Gasteiger partial charge in [0.15, 0.2) is 0 Å². The van der Waals surface area contributed by atoms with Crippen LogP contribution in [0.1, 0.15) is 17.3 Å². The van der Waals surface area contributed by atoms with Crippen LogP contribution in [-0.2, 0) is 4.79 Å². The Labute approximate surface area is 141 Å². The van der Waals surface area contributed by atoms with Gasteiger partial charge in [0.05, 0.1) is 5.02 Å². The number of carbonyl (C=O) groups excluding carboxylic acids is 2. The van der Waals surface area contributed by atoms with Crippen molar-refractivity contribution in [2.24, 2.45) is 0 Å². The summed E-state index contributed by atoms with van der Waals surface area (Å²) in [6.07, 6.45) is 0. The summed E-state index contributed by atoms with van der Waals surface area (Å²) in [4.78, 5) is 23.0. The predicted molar refractivity (Wildman–Crippen MR) is 92.9 cm³/mol. The van der Waals surface area contributed by atoms with E-state index in [2.05, 4.69) is 33.2 Å². The van der Waals surface area contributed by atoms with Crippen LogP contribution in [0.3, 0.4) is 0 Å². The van der Waals surface area contributed by atoms with Crippen molar-refractivity contribution in [3.8, 4) is 0 Å². The molecule has 0 aliphatic carbocycles.